The van der Waals surface area contributed by atoms with E-state index in [9.17, 15) is 18.0 Å². The molecule has 0 radical (unpaired) electrons. The molecule has 0 bridgehead atoms. The Morgan fingerprint density at radius 3 is 2.55 bits per heavy atom. The molecule has 0 unspecified atom stereocenters. The van der Waals surface area contributed by atoms with Crippen LogP contribution in [0.4, 0.5) is 19.1 Å². The number of amides is 1. The third-order valence-corrected chi connectivity index (χ3v) is 2.60. The van der Waals surface area contributed by atoms with Gasteiger partial charge in [0.25, 0.3) is 0 Å². The summed E-state index contributed by atoms with van der Waals surface area (Å²) in [6.07, 6.45) is -4.65. The van der Waals surface area contributed by atoms with Crippen molar-refractivity contribution >= 4 is 11.9 Å². The number of benzene rings is 1. The fourth-order valence-electron chi connectivity index (χ4n) is 1.67. The maximum absolute atomic E-state index is 12.3. The van der Waals surface area contributed by atoms with Crippen LogP contribution < -0.4 is 10.1 Å². The van der Waals surface area contributed by atoms with E-state index < -0.39 is 23.9 Å². The van der Waals surface area contributed by atoms with Gasteiger partial charge >= 0.3 is 6.18 Å². The molecule has 0 aliphatic heterocycles. The second-order valence-electron chi connectivity index (χ2n) is 4.31. The van der Waals surface area contributed by atoms with Crippen molar-refractivity contribution in [1.29, 1.82) is 0 Å². The molecule has 1 heterocycles. The maximum Gasteiger partial charge on any atom is 0.451 e. The number of carbonyl (C=O) groups excluding carboxylic acids is 1. The second kappa shape index (κ2) is 6.46. The smallest absolute Gasteiger partial charge is 0.451 e. The number of alkyl halides is 3. The van der Waals surface area contributed by atoms with Crippen molar-refractivity contribution in [3.05, 3.63) is 35.7 Å². The Balaban J connectivity index is 1.94. The van der Waals surface area contributed by atoms with Crippen LogP contribution in [0, 0.1) is 0 Å². The van der Waals surface area contributed by atoms with Gasteiger partial charge in [-0.25, -0.2) is 0 Å². The number of halogens is 3. The van der Waals surface area contributed by atoms with Crippen LogP contribution in [-0.4, -0.2) is 27.7 Å². The molecule has 1 aromatic heterocycles. The van der Waals surface area contributed by atoms with Crippen LogP contribution >= 0.6 is 0 Å². The van der Waals surface area contributed by atoms with E-state index in [4.69, 9.17) is 4.74 Å². The van der Waals surface area contributed by atoms with Gasteiger partial charge in [0.15, 0.2) is 0 Å². The second-order valence-corrected chi connectivity index (χ2v) is 4.31. The Labute approximate surface area is 123 Å². The third-order valence-electron chi connectivity index (χ3n) is 2.60. The number of anilines is 1. The first-order chi connectivity index (χ1) is 10.4. The number of nitrogens with zero attached hydrogens (tertiary/aromatic N) is 2. The highest BCUT2D eigenvalue weighted by molar-refractivity contribution is 5.90. The Morgan fingerprint density at radius 2 is 2.00 bits per heavy atom. The Hall–Kier alpha value is -2.58. The van der Waals surface area contributed by atoms with Crippen molar-refractivity contribution < 1.29 is 22.7 Å². The molecular formula is C13H13F3N4O2. The summed E-state index contributed by atoms with van der Waals surface area (Å²) in [6.45, 7) is 2.39. The summed E-state index contributed by atoms with van der Waals surface area (Å²) in [6, 6.07) is 6.81. The number of aromatic nitrogens is 3. The first kappa shape index (κ1) is 15.8. The summed E-state index contributed by atoms with van der Waals surface area (Å²) in [5.41, 5.74) is 0.688. The summed E-state index contributed by atoms with van der Waals surface area (Å²) < 4.78 is 42.2. The van der Waals surface area contributed by atoms with Crippen molar-refractivity contribution in [1.82, 2.24) is 15.2 Å². The van der Waals surface area contributed by atoms with Gasteiger partial charge in [0.2, 0.25) is 17.7 Å². The zero-order valence-electron chi connectivity index (χ0n) is 11.6. The minimum Gasteiger partial charge on any atom is -0.494 e. The summed E-state index contributed by atoms with van der Waals surface area (Å²) >= 11 is 0. The van der Waals surface area contributed by atoms with E-state index in [0.717, 1.165) is 0 Å². The number of nitrogens with one attached hydrogen (secondary N) is 2. The lowest BCUT2D eigenvalue weighted by Gasteiger charge is -2.05. The fourth-order valence-corrected chi connectivity index (χ4v) is 1.67. The van der Waals surface area contributed by atoms with Crippen LogP contribution in [0.25, 0.3) is 0 Å². The Bertz CT molecular complexity index is 637. The number of hydrogen-bond acceptors (Lipinski definition) is 4. The zero-order chi connectivity index (χ0) is 16.2. The van der Waals surface area contributed by atoms with Gasteiger partial charge in [0.05, 0.1) is 13.0 Å². The van der Waals surface area contributed by atoms with Crippen LogP contribution in [-0.2, 0) is 17.4 Å². The molecule has 2 rings (SSSR count). The molecule has 0 fully saturated rings. The fraction of sp³-hybridized carbons (Fsp3) is 0.308. The van der Waals surface area contributed by atoms with Crippen molar-refractivity contribution in [3.63, 3.8) is 0 Å². The van der Waals surface area contributed by atoms with E-state index in [2.05, 4.69) is 15.4 Å². The Morgan fingerprint density at radius 1 is 1.32 bits per heavy atom. The Kier molecular flexibility index (Phi) is 4.64. The molecule has 118 valence electrons. The minimum absolute atomic E-state index is 0.0116. The van der Waals surface area contributed by atoms with Crippen LogP contribution in [0.1, 0.15) is 18.3 Å². The van der Waals surface area contributed by atoms with E-state index in [1.54, 1.807) is 29.4 Å². The van der Waals surface area contributed by atoms with Crippen LogP contribution in [0.5, 0.6) is 5.75 Å². The molecule has 2 N–H and O–H groups in total. The SMILES string of the molecule is CCOc1ccc(CC(=O)Nc2n[nH]c(C(F)(F)F)n2)cc1. The van der Waals surface area contributed by atoms with Crippen molar-refractivity contribution in [2.45, 2.75) is 19.5 Å². The summed E-state index contributed by atoms with van der Waals surface area (Å²) in [4.78, 5) is 14.9. The lowest BCUT2D eigenvalue weighted by Crippen LogP contribution is -2.15. The van der Waals surface area contributed by atoms with Crippen molar-refractivity contribution in [2.75, 3.05) is 11.9 Å². The van der Waals surface area contributed by atoms with Gasteiger partial charge in [-0.3, -0.25) is 15.2 Å². The molecule has 9 heteroatoms. The largest absolute Gasteiger partial charge is 0.494 e. The normalized spacial score (nSPS) is 11.3. The topological polar surface area (TPSA) is 79.9 Å². The number of ether oxygens (including phenoxy) is 1. The van der Waals surface area contributed by atoms with Gasteiger partial charge in [-0.15, -0.1) is 5.10 Å². The number of hydrogen-bond donors (Lipinski definition) is 2. The highest BCUT2D eigenvalue weighted by Gasteiger charge is 2.35. The molecule has 6 nitrogen and oxygen atoms in total. The molecule has 0 saturated heterocycles. The maximum atomic E-state index is 12.3. The first-order valence-corrected chi connectivity index (χ1v) is 6.39. The number of aromatic amines is 1. The molecule has 0 spiro atoms. The molecule has 2 aromatic rings. The summed E-state index contributed by atoms with van der Waals surface area (Å²) in [5, 5.41) is 7.21. The number of carbonyl (C=O) groups is 1. The lowest BCUT2D eigenvalue weighted by molar-refractivity contribution is -0.144. The van der Waals surface area contributed by atoms with E-state index in [1.165, 1.54) is 0 Å². The highest BCUT2D eigenvalue weighted by atomic mass is 19.4. The first-order valence-electron chi connectivity index (χ1n) is 6.39. The van der Waals surface area contributed by atoms with Gasteiger partial charge < -0.3 is 4.74 Å². The molecule has 1 aromatic carbocycles. The number of rotatable bonds is 5. The highest BCUT2D eigenvalue weighted by Crippen LogP contribution is 2.26. The van der Waals surface area contributed by atoms with E-state index in [0.29, 0.717) is 17.9 Å². The summed E-state index contributed by atoms with van der Waals surface area (Å²) in [7, 11) is 0. The molecule has 22 heavy (non-hydrogen) atoms. The predicted octanol–water partition coefficient (Wildman–Crippen LogP) is 2.40. The van der Waals surface area contributed by atoms with Crippen molar-refractivity contribution in [2.24, 2.45) is 0 Å². The van der Waals surface area contributed by atoms with Crippen LogP contribution in [0.3, 0.4) is 0 Å². The summed E-state index contributed by atoms with van der Waals surface area (Å²) in [5.74, 6) is -1.51. The van der Waals surface area contributed by atoms with Gasteiger partial charge in [-0.05, 0) is 24.6 Å². The molecule has 0 atom stereocenters. The average Bonchev–Trinajstić information content (AvgIpc) is 2.89. The van der Waals surface area contributed by atoms with Crippen LogP contribution in [0.2, 0.25) is 0 Å². The molecule has 0 aliphatic carbocycles. The van der Waals surface area contributed by atoms with Gasteiger partial charge in [-0.1, -0.05) is 12.1 Å². The molecular weight excluding hydrogens is 301 g/mol. The van der Waals surface area contributed by atoms with Crippen molar-refractivity contribution in [3.8, 4) is 5.75 Å². The number of H-pyrrole nitrogens is 1. The standard InChI is InChI=1S/C13H13F3N4O2/c1-2-22-9-5-3-8(4-6-9)7-10(21)17-12-18-11(19-20-12)13(14,15)16/h3-6H,2,7H2,1H3,(H2,17,18,19,20,21). The minimum atomic E-state index is -4.63. The average molecular weight is 314 g/mol. The van der Waals surface area contributed by atoms with Crippen LogP contribution in [0.15, 0.2) is 24.3 Å². The zero-order valence-corrected chi connectivity index (χ0v) is 11.6. The van der Waals surface area contributed by atoms with Gasteiger partial charge in [-0.2, -0.15) is 18.2 Å². The van der Waals surface area contributed by atoms with E-state index >= 15 is 0 Å². The lowest BCUT2D eigenvalue weighted by atomic mass is 10.1. The molecule has 0 aliphatic rings. The van der Waals surface area contributed by atoms with Gasteiger partial charge in [0, 0.05) is 0 Å². The van der Waals surface area contributed by atoms with E-state index in [-0.39, 0.29) is 6.42 Å². The van der Waals surface area contributed by atoms with E-state index in [1.807, 2.05) is 6.92 Å². The molecule has 0 saturated carbocycles. The molecule has 1 amide bonds. The third kappa shape index (κ3) is 4.21. The quantitative estimate of drug-likeness (QED) is 0.888. The van der Waals surface area contributed by atoms with Gasteiger partial charge in [0.1, 0.15) is 5.75 Å². The predicted molar refractivity (Wildman–Crippen MR) is 71.3 cm³/mol. The monoisotopic (exact) mass is 314 g/mol.